The van der Waals surface area contributed by atoms with E-state index in [9.17, 15) is 9.59 Å². The van der Waals surface area contributed by atoms with Gasteiger partial charge in [0.15, 0.2) is 0 Å². The van der Waals surface area contributed by atoms with Crippen LogP contribution in [0.25, 0.3) is 0 Å². The van der Waals surface area contributed by atoms with E-state index >= 15 is 0 Å². The van der Waals surface area contributed by atoms with Crippen LogP contribution in [0.1, 0.15) is 31.4 Å². The van der Waals surface area contributed by atoms with Gasteiger partial charge in [-0.1, -0.05) is 30.7 Å². The van der Waals surface area contributed by atoms with Gasteiger partial charge < -0.3 is 15.3 Å². The highest BCUT2D eigenvalue weighted by molar-refractivity contribution is 6.30. The number of hydrogen-bond donors (Lipinski definition) is 2. The van der Waals surface area contributed by atoms with Crippen LogP contribution in [0.4, 0.5) is 4.79 Å². The van der Waals surface area contributed by atoms with E-state index in [0.29, 0.717) is 11.6 Å². The van der Waals surface area contributed by atoms with Crippen LogP contribution in [0.2, 0.25) is 5.02 Å². The molecule has 1 unspecified atom stereocenters. The Morgan fingerprint density at radius 1 is 1.21 bits per heavy atom. The first-order valence-corrected chi connectivity index (χ1v) is 8.39. The zero-order valence-electron chi connectivity index (χ0n) is 14.5. The lowest BCUT2D eigenvalue weighted by Gasteiger charge is -2.29. The van der Waals surface area contributed by atoms with Crippen LogP contribution in [-0.4, -0.2) is 60.6 Å². The number of carbonyl (C=O) groups excluding carboxylic acids is 1. The Morgan fingerprint density at radius 3 is 2.38 bits per heavy atom. The van der Waals surface area contributed by atoms with Crippen LogP contribution in [0.3, 0.4) is 0 Å². The number of likely N-dealkylation sites (N-methyl/N-ethyl adjacent to an activating group) is 1. The number of carboxylic acid groups (broad SMARTS) is 1. The van der Waals surface area contributed by atoms with Crippen LogP contribution in [-0.2, 0) is 4.79 Å². The van der Waals surface area contributed by atoms with Crippen molar-refractivity contribution in [3.63, 3.8) is 0 Å². The minimum atomic E-state index is -0.920. The van der Waals surface area contributed by atoms with E-state index in [0.717, 1.165) is 18.5 Å². The SMILES string of the molecule is CCCN(C)C(CNC(=O)N(C)CCC(=O)O)c1ccc(Cl)cc1. The molecule has 0 aliphatic rings. The second-order valence-corrected chi connectivity index (χ2v) is 6.24. The maximum atomic E-state index is 12.1. The van der Waals surface area contributed by atoms with Crippen LogP contribution in [0, 0.1) is 0 Å². The van der Waals surface area contributed by atoms with Gasteiger partial charge in [0.2, 0.25) is 0 Å². The summed E-state index contributed by atoms with van der Waals surface area (Å²) in [6, 6.07) is 7.34. The third-order valence-electron chi connectivity index (χ3n) is 3.82. The Labute approximate surface area is 148 Å². The molecule has 0 radical (unpaired) electrons. The van der Waals surface area contributed by atoms with Crippen LogP contribution in [0.5, 0.6) is 0 Å². The number of halogens is 1. The topological polar surface area (TPSA) is 72.9 Å². The molecule has 1 aromatic rings. The van der Waals surface area contributed by atoms with Gasteiger partial charge in [0.1, 0.15) is 0 Å². The van der Waals surface area contributed by atoms with Gasteiger partial charge in [-0.3, -0.25) is 9.69 Å². The lowest BCUT2D eigenvalue weighted by Crippen LogP contribution is -2.42. The van der Waals surface area contributed by atoms with E-state index in [-0.39, 0.29) is 25.0 Å². The summed E-state index contributed by atoms with van der Waals surface area (Å²) in [6.45, 7) is 3.62. The van der Waals surface area contributed by atoms with Crippen molar-refractivity contribution in [1.82, 2.24) is 15.1 Å². The molecular formula is C17H26ClN3O3. The molecule has 6 nitrogen and oxygen atoms in total. The fourth-order valence-corrected chi connectivity index (χ4v) is 2.53. The number of benzene rings is 1. The number of nitrogens with zero attached hydrogens (tertiary/aromatic N) is 2. The summed E-state index contributed by atoms with van der Waals surface area (Å²) in [7, 11) is 3.61. The molecule has 1 atom stereocenters. The molecule has 0 fully saturated rings. The van der Waals surface area contributed by atoms with Crippen LogP contribution >= 0.6 is 11.6 Å². The summed E-state index contributed by atoms with van der Waals surface area (Å²) in [5.74, 6) is -0.920. The highest BCUT2D eigenvalue weighted by atomic mass is 35.5. The van der Waals surface area contributed by atoms with E-state index in [1.165, 1.54) is 4.90 Å². The van der Waals surface area contributed by atoms with Crippen LogP contribution < -0.4 is 5.32 Å². The molecule has 2 N–H and O–H groups in total. The van der Waals surface area contributed by atoms with Crippen molar-refractivity contribution in [1.29, 1.82) is 0 Å². The number of carbonyl (C=O) groups is 2. The van der Waals surface area contributed by atoms with Crippen LogP contribution in [0.15, 0.2) is 24.3 Å². The molecular weight excluding hydrogens is 330 g/mol. The summed E-state index contributed by atoms with van der Waals surface area (Å²) < 4.78 is 0. The fourth-order valence-electron chi connectivity index (χ4n) is 2.41. The summed E-state index contributed by atoms with van der Waals surface area (Å²) in [4.78, 5) is 26.3. The van der Waals surface area contributed by atoms with Gasteiger partial charge in [0.05, 0.1) is 12.5 Å². The Hall–Kier alpha value is -1.79. The second kappa shape index (κ2) is 10.2. The maximum Gasteiger partial charge on any atom is 0.317 e. The van der Waals surface area contributed by atoms with Crippen molar-refractivity contribution in [3.05, 3.63) is 34.9 Å². The first-order chi connectivity index (χ1) is 11.3. The largest absolute Gasteiger partial charge is 0.481 e. The van der Waals surface area contributed by atoms with Crippen molar-refractivity contribution >= 4 is 23.6 Å². The van der Waals surface area contributed by atoms with Crippen molar-refractivity contribution in [3.8, 4) is 0 Å². The molecule has 24 heavy (non-hydrogen) atoms. The average Bonchev–Trinajstić information content (AvgIpc) is 2.54. The lowest BCUT2D eigenvalue weighted by molar-refractivity contribution is -0.137. The van der Waals surface area contributed by atoms with Gasteiger partial charge in [0.25, 0.3) is 0 Å². The zero-order valence-corrected chi connectivity index (χ0v) is 15.2. The standard InChI is InChI=1S/C17H26ClN3O3/c1-4-10-20(2)15(13-5-7-14(18)8-6-13)12-19-17(24)21(3)11-9-16(22)23/h5-8,15H,4,9-12H2,1-3H3,(H,19,24)(H,22,23). The molecule has 0 saturated carbocycles. The van der Waals surface area contributed by atoms with Crippen molar-refractivity contribution in [2.24, 2.45) is 0 Å². The molecule has 0 saturated heterocycles. The monoisotopic (exact) mass is 355 g/mol. The first-order valence-electron chi connectivity index (χ1n) is 8.01. The smallest absolute Gasteiger partial charge is 0.317 e. The number of urea groups is 1. The van der Waals surface area contributed by atoms with E-state index < -0.39 is 5.97 Å². The number of aliphatic carboxylic acids is 1. The second-order valence-electron chi connectivity index (χ2n) is 5.80. The highest BCUT2D eigenvalue weighted by Crippen LogP contribution is 2.21. The fraction of sp³-hybridized carbons (Fsp3) is 0.529. The molecule has 0 aliphatic heterocycles. The normalized spacial score (nSPS) is 12.0. The van der Waals surface area contributed by atoms with Gasteiger partial charge in [-0.15, -0.1) is 0 Å². The zero-order chi connectivity index (χ0) is 18.1. The van der Waals surface area contributed by atoms with E-state index in [1.54, 1.807) is 7.05 Å². The molecule has 2 amide bonds. The molecule has 0 heterocycles. The van der Waals surface area contributed by atoms with Gasteiger partial charge in [0, 0.05) is 25.2 Å². The molecule has 0 bridgehead atoms. The number of nitrogens with one attached hydrogen (secondary N) is 1. The third-order valence-corrected chi connectivity index (χ3v) is 4.07. The lowest BCUT2D eigenvalue weighted by atomic mass is 10.1. The van der Waals surface area contributed by atoms with Gasteiger partial charge >= 0.3 is 12.0 Å². The molecule has 7 heteroatoms. The quantitative estimate of drug-likeness (QED) is 0.714. The Balaban J connectivity index is 2.69. The maximum absolute atomic E-state index is 12.1. The first kappa shape index (κ1) is 20.3. The molecule has 0 aromatic heterocycles. The minimum Gasteiger partial charge on any atom is -0.481 e. The molecule has 0 aliphatic carbocycles. The van der Waals surface area contributed by atoms with E-state index in [4.69, 9.17) is 16.7 Å². The number of hydrogen-bond acceptors (Lipinski definition) is 3. The Bertz CT molecular complexity index is 536. The molecule has 1 aromatic carbocycles. The Kier molecular flexibility index (Phi) is 8.57. The number of amides is 2. The van der Waals surface area contributed by atoms with E-state index in [2.05, 4.69) is 17.1 Å². The number of rotatable bonds is 9. The summed E-state index contributed by atoms with van der Waals surface area (Å²) in [5.41, 5.74) is 1.07. The molecule has 0 spiro atoms. The summed E-state index contributed by atoms with van der Waals surface area (Å²) >= 11 is 5.95. The van der Waals surface area contributed by atoms with Gasteiger partial charge in [-0.05, 0) is 37.7 Å². The molecule has 1 rings (SSSR count). The number of carboxylic acids is 1. The summed E-state index contributed by atoms with van der Waals surface area (Å²) in [6.07, 6.45) is 0.938. The van der Waals surface area contributed by atoms with Gasteiger partial charge in [-0.25, -0.2) is 4.79 Å². The average molecular weight is 356 g/mol. The Morgan fingerprint density at radius 2 is 1.83 bits per heavy atom. The minimum absolute atomic E-state index is 0.0269. The molecule has 134 valence electrons. The highest BCUT2D eigenvalue weighted by Gasteiger charge is 2.19. The summed E-state index contributed by atoms with van der Waals surface area (Å²) in [5, 5.41) is 12.2. The predicted molar refractivity (Wildman–Crippen MR) is 95.4 cm³/mol. The third kappa shape index (κ3) is 6.76. The predicted octanol–water partition coefficient (Wildman–Crippen LogP) is 2.84. The van der Waals surface area contributed by atoms with Gasteiger partial charge in [-0.2, -0.15) is 0 Å². The van der Waals surface area contributed by atoms with Crippen molar-refractivity contribution in [2.45, 2.75) is 25.8 Å². The van der Waals surface area contributed by atoms with E-state index in [1.807, 2.05) is 31.3 Å². The van der Waals surface area contributed by atoms with Crippen molar-refractivity contribution in [2.75, 3.05) is 33.7 Å². The van der Waals surface area contributed by atoms with Crippen molar-refractivity contribution < 1.29 is 14.7 Å².